The number of hydrogen-bond donors (Lipinski definition) is 2. The second-order valence-corrected chi connectivity index (χ2v) is 7.90. The van der Waals surface area contributed by atoms with Gasteiger partial charge in [-0.15, -0.1) is 0 Å². The molecule has 7 heteroatoms. The summed E-state index contributed by atoms with van der Waals surface area (Å²) in [7, 11) is 5.92. The minimum atomic E-state index is -0.158. The van der Waals surface area contributed by atoms with Crippen LogP contribution in [-0.4, -0.2) is 67.2 Å². The van der Waals surface area contributed by atoms with Crippen molar-refractivity contribution in [2.45, 2.75) is 27.2 Å². The third-order valence-electron chi connectivity index (χ3n) is 6.20. The highest BCUT2D eigenvalue weighted by molar-refractivity contribution is 6.37. The summed E-state index contributed by atoms with van der Waals surface area (Å²) in [6.45, 7) is 10.5. The molecule has 154 valence electrons. The molecule has 0 unspecified atom stereocenters. The van der Waals surface area contributed by atoms with Crippen molar-refractivity contribution in [3.05, 3.63) is 46.3 Å². The Bertz CT molecular complexity index is 1040. The van der Waals surface area contributed by atoms with Crippen molar-refractivity contribution in [3.63, 3.8) is 0 Å². The van der Waals surface area contributed by atoms with Gasteiger partial charge in [0.1, 0.15) is 7.85 Å². The molecule has 2 aromatic rings. The molecule has 3 heterocycles. The molecule has 0 atom stereocenters. The summed E-state index contributed by atoms with van der Waals surface area (Å²) < 4.78 is 0. The molecule has 0 aliphatic carbocycles. The smallest absolute Gasteiger partial charge is 0.256 e. The summed E-state index contributed by atoms with van der Waals surface area (Å²) >= 11 is 0. The molecule has 6 nitrogen and oxygen atoms in total. The normalized spacial score (nSPS) is 16.9. The summed E-state index contributed by atoms with van der Waals surface area (Å²) in [6.07, 6.45) is 2.63. The van der Waals surface area contributed by atoms with Crippen molar-refractivity contribution in [1.29, 1.82) is 0 Å². The third kappa shape index (κ3) is 3.58. The fourth-order valence-corrected chi connectivity index (χ4v) is 4.32. The summed E-state index contributed by atoms with van der Waals surface area (Å²) in [5.41, 5.74) is 6.11. The number of likely N-dealkylation sites (N-methyl/N-ethyl adjacent to an activating group) is 1. The quantitative estimate of drug-likeness (QED) is 0.574. The number of H-pyrrole nitrogens is 1. The molecule has 4 rings (SSSR count). The lowest BCUT2D eigenvalue weighted by molar-refractivity contribution is -0.110. The Kier molecular flexibility index (Phi) is 5.56. The highest BCUT2D eigenvalue weighted by Gasteiger charge is 2.30. The maximum absolute atomic E-state index is 13.2. The van der Waals surface area contributed by atoms with Gasteiger partial charge in [-0.3, -0.25) is 9.59 Å². The molecular weight excluding hydrogens is 375 g/mol. The van der Waals surface area contributed by atoms with Crippen LogP contribution in [0.15, 0.2) is 18.2 Å². The Hall–Kier alpha value is -2.80. The number of nitrogens with zero attached hydrogens (tertiary/aromatic N) is 2. The Labute approximate surface area is 178 Å². The highest BCUT2D eigenvalue weighted by Crippen LogP contribution is 2.34. The number of nitrogens with one attached hydrogen (secondary N) is 2. The Morgan fingerprint density at radius 2 is 2.00 bits per heavy atom. The van der Waals surface area contributed by atoms with E-state index in [-0.39, 0.29) is 11.8 Å². The van der Waals surface area contributed by atoms with E-state index in [2.05, 4.69) is 29.0 Å². The first-order valence-electron chi connectivity index (χ1n) is 10.6. The highest BCUT2D eigenvalue weighted by atomic mass is 16.2. The van der Waals surface area contributed by atoms with Gasteiger partial charge in [0.25, 0.3) is 11.8 Å². The van der Waals surface area contributed by atoms with Gasteiger partial charge < -0.3 is 20.1 Å². The number of amides is 2. The van der Waals surface area contributed by atoms with E-state index in [1.165, 1.54) is 0 Å². The monoisotopic (exact) mass is 402 g/mol. The zero-order chi connectivity index (χ0) is 21.4. The van der Waals surface area contributed by atoms with Crippen LogP contribution < -0.4 is 10.8 Å². The molecule has 2 aliphatic rings. The van der Waals surface area contributed by atoms with Crippen LogP contribution in [0.3, 0.4) is 0 Å². The fourth-order valence-electron chi connectivity index (χ4n) is 4.32. The van der Waals surface area contributed by atoms with Crippen molar-refractivity contribution in [1.82, 2.24) is 14.8 Å². The van der Waals surface area contributed by atoms with E-state index in [1.807, 2.05) is 24.0 Å². The molecule has 0 fully saturated rings. The summed E-state index contributed by atoms with van der Waals surface area (Å²) in [5.74, 6) is -0.0860. The average molecular weight is 402 g/mol. The van der Waals surface area contributed by atoms with Crippen LogP contribution in [0.25, 0.3) is 11.6 Å². The van der Waals surface area contributed by atoms with E-state index in [0.29, 0.717) is 17.6 Å². The van der Waals surface area contributed by atoms with Crippen molar-refractivity contribution >= 4 is 42.5 Å². The Balaban J connectivity index is 1.62. The van der Waals surface area contributed by atoms with Crippen LogP contribution in [0, 0.1) is 6.92 Å². The molecule has 1 aromatic carbocycles. The molecule has 2 radical (unpaired) electrons. The van der Waals surface area contributed by atoms with Gasteiger partial charge in [0.05, 0.1) is 11.1 Å². The van der Waals surface area contributed by atoms with E-state index < -0.39 is 0 Å². The molecule has 0 saturated carbocycles. The number of fused-ring (bicyclic) bond motifs is 2. The number of carbonyl (C=O) groups is 2. The van der Waals surface area contributed by atoms with Gasteiger partial charge in [-0.1, -0.05) is 31.4 Å². The van der Waals surface area contributed by atoms with Gasteiger partial charge in [0.2, 0.25) is 0 Å². The second kappa shape index (κ2) is 8.15. The molecule has 0 saturated heterocycles. The van der Waals surface area contributed by atoms with E-state index in [9.17, 15) is 9.59 Å². The Morgan fingerprint density at radius 1 is 1.23 bits per heavy atom. The largest absolute Gasteiger partial charge is 0.358 e. The predicted octanol–water partition coefficient (Wildman–Crippen LogP) is 1.95. The zero-order valence-corrected chi connectivity index (χ0v) is 17.8. The van der Waals surface area contributed by atoms with Crippen LogP contribution in [0.4, 0.5) is 5.69 Å². The number of benzene rings is 1. The van der Waals surface area contributed by atoms with Gasteiger partial charge >= 0.3 is 0 Å². The lowest BCUT2D eigenvalue weighted by Gasteiger charge is -2.29. The SMILES string of the molecule is [B]c1ccc2c(c1)/C(=C/c1[nH]c3c(c1C)C(=O)N(CCN(CC)CC)CC3)C(=O)N2. The first kappa shape index (κ1) is 20.5. The summed E-state index contributed by atoms with van der Waals surface area (Å²) in [4.78, 5) is 33.3. The molecule has 2 amide bonds. The maximum Gasteiger partial charge on any atom is 0.256 e. The van der Waals surface area contributed by atoms with Crippen LogP contribution in [0.5, 0.6) is 0 Å². The van der Waals surface area contributed by atoms with Crippen molar-refractivity contribution in [2.75, 3.05) is 38.0 Å². The van der Waals surface area contributed by atoms with Crippen LogP contribution in [-0.2, 0) is 11.2 Å². The van der Waals surface area contributed by atoms with Gasteiger partial charge in [0, 0.05) is 48.7 Å². The molecule has 2 aliphatic heterocycles. The number of aromatic amines is 1. The first-order valence-corrected chi connectivity index (χ1v) is 10.6. The van der Waals surface area contributed by atoms with Gasteiger partial charge in [-0.05, 0) is 37.7 Å². The number of rotatable bonds is 6. The maximum atomic E-state index is 13.2. The lowest BCUT2D eigenvalue weighted by Crippen LogP contribution is -2.42. The zero-order valence-electron chi connectivity index (χ0n) is 17.8. The van der Waals surface area contributed by atoms with E-state index >= 15 is 0 Å². The average Bonchev–Trinajstić information content (AvgIpc) is 3.21. The predicted molar refractivity (Wildman–Crippen MR) is 121 cm³/mol. The van der Waals surface area contributed by atoms with Gasteiger partial charge in [-0.2, -0.15) is 0 Å². The summed E-state index contributed by atoms with van der Waals surface area (Å²) in [6, 6.07) is 5.39. The third-order valence-corrected chi connectivity index (χ3v) is 6.20. The van der Waals surface area contributed by atoms with Crippen molar-refractivity contribution < 1.29 is 9.59 Å². The van der Waals surface area contributed by atoms with E-state index in [0.717, 1.165) is 66.4 Å². The van der Waals surface area contributed by atoms with E-state index in [4.69, 9.17) is 7.85 Å². The molecule has 30 heavy (non-hydrogen) atoms. The van der Waals surface area contributed by atoms with Crippen LogP contribution in [0.2, 0.25) is 0 Å². The molecule has 2 N–H and O–H groups in total. The summed E-state index contributed by atoms with van der Waals surface area (Å²) in [5, 5.41) is 2.87. The fraction of sp³-hybridized carbons (Fsp3) is 0.391. The molecular formula is C23H27BN4O2. The lowest BCUT2D eigenvalue weighted by atomic mass is 9.92. The number of hydrogen-bond acceptors (Lipinski definition) is 3. The van der Waals surface area contributed by atoms with Crippen LogP contribution >= 0.6 is 0 Å². The van der Waals surface area contributed by atoms with E-state index in [1.54, 1.807) is 12.1 Å². The van der Waals surface area contributed by atoms with Crippen LogP contribution in [0.1, 0.15) is 46.7 Å². The molecule has 0 bridgehead atoms. The first-order chi connectivity index (χ1) is 14.4. The Morgan fingerprint density at radius 3 is 2.73 bits per heavy atom. The van der Waals surface area contributed by atoms with Gasteiger partial charge in [-0.25, -0.2) is 0 Å². The minimum absolute atomic E-state index is 0.0716. The molecule has 1 aromatic heterocycles. The minimum Gasteiger partial charge on any atom is -0.358 e. The number of anilines is 1. The topological polar surface area (TPSA) is 68.4 Å². The van der Waals surface area contributed by atoms with Crippen molar-refractivity contribution in [3.8, 4) is 0 Å². The second-order valence-electron chi connectivity index (χ2n) is 7.90. The number of carbonyl (C=O) groups excluding carboxylic acids is 2. The standard InChI is InChI=1S/C23H27BN4O2/c1-4-27(5-2)10-11-28-9-8-19-21(23(28)30)14(3)20(25-19)13-17-16-12-15(24)6-7-18(16)26-22(17)29/h6-7,12-13,25H,4-5,8-11H2,1-3H3,(H,26,29)/b17-13-. The number of aromatic nitrogens is 1. The van der Waals surface area contributed by atoms with Crippen molar-refractivity contribution in [2.24, 2.45) is 0 Å². The molecule has 0 spiro atoms. The van der Waals surface area contributed by atoms with Gasteiger partial charge in [0.15, 0.2) is 0 Å².